The van der Waals surface area contributed by atoms with E-state index in [-0.39, 0.29) is 4.90 Å². The summed E-state index contributed by atoms with van der Waals surface area (Å²) in [6.45, 7) is 1.57. The number of rotatable bonds is 8. The van der Waals surface area contributed by atoms with Crippen molar-refractivity contribution in [1.82, 2.24) is 19.9 Å². The SMILES string of the molecule is Cc1ccc(-c2nn(-c3ccccc3)cc2/C=N/NC(=O)CNS(=O)(=O)c2ccccc2)cc1. The molecule has 0 saturated carbocycles. The summed E-state index contributed by atoms with van der Waals surface area (Å²) in [4.78, 5) is 12.2. The Morgan fingerprint density at radius 2 is 1.62 bits per heavy atom. The van der Waals surface area contributed by atoms with Crippen LogP contribution in [0.2, 0.25) is 0 Å². The van der Waals surface area contributed by atoms with Crippen molar-refractivity contribution in [2.45, 2.75) is 11.8 Å². The van der Waals surface area contributed by atoms with Crippen LogP contribution in [0.4, 0.5) is 0 Å². The van der Waals surface area contributed by atoms with E-state index in [4.69, 9.17) is 5.10 Å². The second-order valence-corrected chi connectivity index (χ2v) is 9.28. The summed E-state index contributed by atoms with van der Waals surface area (Å²) in [5.74, 6) is -0.594. The van der Waals surface area contributed by atoms with Gasteiger partial charge < -0.3 is 0 Å². The molecule has 0 saturated heterocycles. The van der Waals surface area contributed by atoms with E-state index in [1.807, 2.05) is 67.7 Å². The number of sulfonamides is 1. The maximum absolute atomic E-state index is 12.3. The number of nitrogens with zero attached hydrogens (tertiary/aromatic N) is 3. The van der Waals surface area contributed by atoms with Gasteiger partial charge >= 0.3 is 0 Å². The Kier molecular flexibility index (Phi) is 6.95. The van der Waals surface area contributed by atoms with Crippen LogP contribution in [-0.2, 0) is 14.8 Å². The van der Waals surface area contributed by atoms with Crippen molar-refractivity contribution in [3.63, 3.8) is 0 Å². The monoisotopic (exact) mass is 473 g/mol. The predicted octanol–water partition coefficient (Wildman–Crippen LogP) is 3.28. The lowest BCUT2D eigenvalue weighted by Crippen LogP contribution is -2.34. The number of amides is 1. The van der Waals surface area contributed by atoms with Gasteiger partial charge in [-0.05, 0) is 31.2 Å². The van der Waals surface area contributed by atoms with Crippen LogP contribution in [0, 0.1) is 6.92 Å². The highest BCUT2D eigenvalue weighted by atomic mass is 32.2. The van der Waals surface area contributed by atoms with Crippen molar-refractivity contribution < 1.29 is 13.2 Å². The maximum atomic E-state index is 12.3. The molecule has 8 nitrogen and oxygen atoms in total. The van der Waals surface area contributed by atoms with Crippen LogP contribution in [0.5, 0.6) is 0 Å². The zero-order valence-corrected chi connectivity index (χ0v) is 19.2. The molecule has 3 aromatic carbocycles. The normalized spacial score (nSPS) is 11.6. The summed E-state index contributed by atoms with van der Waals surface area (Å²) in [6, 6.07) is 25.4. The molecule has 172 valence electrons. The molecule has 0 aliphatic heterocycles. The first-order valence-corrected chi connectivity index (χ1v) is 12.0. The number of para-hydroxylation sites is 1. The zero-order chi connectivity index (χ0) is 24.0. The molecule has 0 atom stereocenters. The molecule has 1 heterocycles. The van der Waals surface area contributed by atoms with Crippen LogP contribution < -0.4 is 10.1 Å². The lowest BCUT2D eigenvalue weighted by atomic mass is 10.1. The maximum Gasteiger partial charge on any atom is 0.255 e. The van der Waals surface area contributed by atoms with Crippen molar-refractivity contribution in [2.24, 2.45) is 5.10 Å². The Morgan fingerprint density at radius 3 is 2.29 bits per heavy atom. The topological polar surface area (TPSA) is 105 Å². The summed E-state index contributed by atoms with van der Waals surface area (Å²) in [5, 5.41) is 8.71. The number of carbonyl (C=O) groups is 1. The predicted molar refractivity (Wildman–Crippen MR) is 131 cm³/mol. The lowest BCUT2D eigenvalue weighted by Gasteiger charge is -2.05. The molecule has 2 N–H and O–H groups in total. The largest absolute Gasteiger partial charge is 0.272 e. The van der Waals surface area contributed by atoms with E-state index < -0.39 is 22.5 Å². The van der Waals surface area contributed by atoms with Crippen molar-refractivity contribution in [1.29, 1.82) is 0 Å². The average Bonchev–Trinajstić information content (AvgIpc) is 3.28. The smallest absolute Gasteiger partial charge is 0.255 e. The summed E-state index contributed by atoms with van der Waals surface area (Å²) in [7, 11) is -3.78. The summed E-state index contributed by atoms with van der Waals surface area (Å²) < 4.78 is 28.5. The fourth-order valence-corrected chi connectivity index (χ4v) is 4.19. The average molecular weight is 474 g/mol. The van der Waals surface area contributed by atoms with Crippen LogP contribution in [0.25, 0.3) is 16.9 Å². The molecule has 4 aromatic rings. The number of aromatic nitrogens is 2. The molecule has 1 amide bonds. The van der Waals surface area contributed by atoms with E-state index in [0.717, 1.165) is 16.8 Å². The summed E-state index contributed by atoms with van der Waals surface area (Å²) in [5.41, 5.74) is 6.67. The first-order valence-electron chi connectivity index (χ1n) is 10.5. The standard InChI is InChI=1S/C25H23N5O3S/c1-19-12-14-20(15-13-19)25-21(18-30(29-25)22-8-4-2-5-9-22)16-26-28-24(31)17-27-34(32,33)23-10-6-3-7-11-23/h2-16,18,27H,17H2,1H3,(H,28,31)/b26-16+. The molecule has 0 fully saturated rings. The number of hydrogen-bond donors (Lipinski definition) is 2. The fraction of sp³-hybridized carbons (Fsp3) is 0.0800. The van der Waals surface area contributed by atoms with Gasteiger partial charge in [0.15, 0.2) is 0 Å². The van der Waals surface area contributed by atoms with E-state index in [1.54, 1.807) is 22.9 Å². The van der Waals surface area contributed by atoms with Crippen molar-refractivity contribution >= 4 is 22.1 Å². The van der Waals surface area contributed by atoms with Gasteiger partial charge in [0.05, 0.1) is 23.3 Å². The first kappa shape index (κ1) is 23.1. The third kappa shape index (κ3) is 5.64. The number of hydrogen-bond acceptors (Lipinski definition) is 5. The first-order chi connectivity index (χ1) is 16.4. The van der Waals surface area contributed by atoms with Gasteiger partial charge in [0.2, 0.25) is 10.0 Å². The Hall–Kier alpha value is -4.08. The minimum atomic E-state index is -3.78. The lowest BCUT2D eigenvalue weighted by molar-refractivity contribution is -0.119. The molecule has 0 aliphatic carbocycles. The number of aryl methyl sites for hydroxylation is 1. The Bertz CT molecular complexity index is 1400. The molecule has 0 unspecified atom stereocenters. The number of benzene rings is 3. The summed E-state index contributed by atoms with van der Waals surface area (Å²) in [6.07, 6.45) is 3.31. The van der Waals surface area contributed by atoms with Crippen LogP contribution in [0.1, 0.15) is 11.1 Å². The Morgan fingerprint density at radius 1 is 0.971 bits per heavy atom. The van der Waals surface area contributed by atoms with E-state index in [2.05, 4.69) is 15.2 Å². The molecule has 0 bridgehead atoms. The van der Waals surface area contributed by atoms with Gasteiger partial charge in [-0.3, -0.25) is 4.79 Å². The minimum absolute atomic E-state index is 0.0855. The number of nitrogens with one attached hydrogen (secondary N) is 2. The van der Waals surface area contributed by atoms with Crippen molar-refractivity contribution in [2.75, 3.05) is 6.54 Å². The third-order valence-electron chi connectivity index (χ3n) is 4.96. The van der Waals surface area contributed by atoms with Gasteiger partial charge in [0, 0.05) is 17.3 Å². The zero-order valence-electron chi connectivity index (χ0n) is 18.4. The van der Waals surface area contributed by atoms with Gasteiger partial charge in [0.25, 0.3) is 5.91 Å². The van der Waals surface area contributed by atoms with E-state index in [0.29, 0.717) is 11.3 Å². The van der Waals surface area contributed by atoms with E-state index >= 15 is 0 Å². The molecule has 0 spiro atoms. The molecule has 34 heavy (non-hydrogen) atoms. The van der Waals surface area contributed by atoms with Crippen LogP contribution in [0.3, 0.4) is 0 Å². The van der Waals surface area contributed by atoms with Crippen LogP contribution in [0.15, 0.2) is 101 Å². The van der Waals surface area contributed by atoms with Gasteiger partial charge in [-0.15, -0.1) is 0 Å². The summed E-state index contributed by atoms with van der Waals surface area (Å²) >= 11 is 0. The molecular formula is C25H23N5O3S. The Labute approximate surface area is 198 Å². The highest BCUT2D eigenvalue weighted by Crippen LogP contribution is 2.23. The van der Waals surface area contributed by atoms with Crippen molar-refractivity contribution in [3.05, 3.63) is 102 Å². The Balaban J connectivity index is 1.49. The molecule has 1 aromatic heterocycles. The molecule has 9 heteroatoms. The highest BCUT2D eigenvalue weighted by Gasteiger charge is 2.15. The number of carbonyl (C=O) groups excluding carboxylic acids is 1. The number of hydrazone groups is 1. The fourth-order valence-electron chi connectivity index (χ4n) is 3.19. The van der Waals surface area contributed by atoms with Crippen LogP contribution >= 0.6 is 0 Å². The van der Waals surface area contributed by atoms with Crippen molar-refractivity contribution in [3.8, 4) is 16.9 Å². The van der Waals surface area contributed by atoms with Crippen LogP contribution in [-0.4, -0.2) is 36.9 Å². The second-order valence-electron chi connectivity index (χ2n) is 7.51. The van der Waals surface area contributed by atoms with Gasteiger partial charge in [0.1, 0.15) is 5.69 Å². The van der Waals surface area contributed by atoms with Gasteiger partial charge in [-0.1, -0.05) is 66.2 Å². The molecule has 4 rings (SSSR count). The van der Waals surface area contributed by atoms with E-state index in [1.165, 1.54) is 18.3 Å². The quantitative estimate of drug-likeness (QED) is 0.303. The van der Waals surface area contributed by atoms with E-state index in [9.17, 15) is 13.2 Å². The molecular weight excluding hydrogens is 450 g/mol. The highest BCUT2D eigenvalue weighted by molar-refractivity contribution is 7.89. The van der Waals surface area contributed by atoms with Gasteiger partial charge in [-0.2, -0.15) is 10.2 Å². The minimum Gasteiger partial charge on any atom is -0.272 e. The molecule has 0 radical (unpaired) electrons. The van der Waals surface area contributed by atoms with Gasteiger partial charge in [-0.25, -0.2) is 23.2 Å². The second kappa shape index (κ2) is 10.2. The third-order valence-corrected chi connectivity index (χ3v) is 6.37. The molecule has 0 aliphatic rings.